The zero-order chi connectivity index (χ0) is 13.8. The highest BCUT2D eigenvalue weighted by atomic mass is 32.2. The van der Waals surface area contributed by atoms with Gasteiger partial charge in [0, 0.05) is 33.9 Å². The molecule has 5 nitrogen and oxygen atoms in total. The number of anilines is 2. The zero-order valence-electron chi connectivity index (χ0n) is 9.74. The van der Waals surface area contributed by atoms with Gasteiger partial charge in [-0.05, 0) is 36.4 Å². The first-order valence-corrected chi connectivity index (χ1v) is 6.73. The SMILES string of the molecule is Nc1cc(SOSc2ccc(O)c(N)c2)ccc1O. The van der Waals surface area contributed by atoms with Crippen LogP contribution >= 0.6 is 24.1 Å². The van der Waals surface area contributed by atoms with Crippen molar-refractivity contribution < 1.29 is 13.8 Å². The van der Waals surface area contributed by atoms with Crippen LogP contribution in [-0.4, -0.2) is 10.2 Å². The lowest BCUT2D eigenvalue weighted by Crippen LogP contribution is -1.86. The van der Waals surface area contributed by atoms with Gasteiger partial charge in [0.25, 0.3) is 0 Å². The van der Waals surface area contributed by atoms with Crippen LogP contribution in [0.1, 0.15) is 0 Å². The summed E-state index contributed by atoms with van der Waals surface area (Å²) in [5.41, 5.74) is 11.7. The molecular formula is C12H12N2O3S2. The predicted molar refractivity (Wildman–Crippen MR) is 77.8 cm³/mol. The molecule has 7 heteroatoms. The number of phenolic OH excluding ortho intramolecular Hbond substituents is 2. The average Bonchev–Trinajstić information content (AvgIpc) is 2.38. The molecule has 6 N–H and O–H groups in total. The van der Waals surface area contributed by atoms with E-state index in [2.05, 4.69) is 0 Å². The van der Waals surface area contributed by atoms with Crippen LogP contribution in [0.3, 0.4) is 0 Å². The van der Waals surface area contributed by atoms with E-state index in [1.54, 1.807) is 24.3 Å². The minimum atomic E-state index is 0.0447. The van der Waals surface area contributed by atoms with Crippen LogP contribution in [0.5, 0.6) is 11.5 Å². The van der Waals surface area contributed by atoms with Crippen molar-refractivity contribution in [1.29, 1.82) is 0 Å². The predicted octanol–water partition coefficient (Wildman–Crippen LogP) is 2.99. The Morgan fingerprint density at radius 2 is 1.21 bits per heavy atom. The molecule has 100 valence electrons. The Bertz CT molecular complexity index is 542. The molecule has 0 amide bonds. The number of nitrogens with two attached hydrogens (primary N) is 2. The first-order valence-electron chi connectivity index (χ1n) is 5.24. The van der Waals surface area contributed by atoms with Crippen LogP contribution in [0.4, 0.5) is 11.4 Å². The highest BCUT2D eigenvalue weighted by Gasteiger charge is 2.03. The quantitative estimate of drug-likeness (QED) is 0.391. The molecule has 0 aromatic heterocycles. The maximum atomic E-state index is 9.29. The van der Waals surface area contributed by atoms with E-state index in [1.165, 1.54) is 12.1 Å². The highest BCUT2D eigenvalue weighted by molar-refractivity contribution is 8.07. The van der Waals surface area contributed by atoms with E-state index >= 15 is 0 Å². The van der Waals surface area contributed by atoms with Crippen molar-refractivity contribution in [2.45, 2.75) is 9.79 Å². The summed E-state index contributed by atoms with van der Waals surface area (Å²) in [6.07, 6.45) is 0. The van der Waals surface area contributed by atoms with Gasteiger partial charge in [-0.25, -0.2) is 3.63 Å². The van der Waals surface area contributed by atoms with Gasteiger partial charge in [-0.2, -0.15) is 0 Å². The largest absolute Gasteiger partial charge is 0.506 e. The molecule has 0 fully saturated rings. The van der Waals surface area contributed by atoms with Gasteiger partial charge in [0.15, 0.2) is 0 Å². The number of phenols is 2. The van der Waals surface area contributed by atoms with Crippen molar-refractivity contribution in [3.05, 3.63) is 36.4 Å². The number of benzene rings is 2. The minimum Gasteiger partial charge on any atom is -0.506 e. The molecule has 0 radical (unpaired) electrons. The monoisotopic (exact) mass is 296 g/mol. The van der Waals surface area contributed by atoms with Crippen LogP contribution in [0.15, 0.2) is 46.2 Å². The Hall–Kier alpha value is -1.70. The van der Waals surface area contributed by atoms with Crippen molar-refractivity contribution in [2.75, 3.05) is 11.5 Å². The molecule has 19 heavy (non-hydrogen) atoms. The van der Waals surface area contributed by atoms with E-state index < -0.39 is 0 Å². The molecule has 0 aliphatic rings. The molecule has 0 heterocycles. The third-order valence-electron chi connectivity index (χ3n) is 2.26. The Morgan fingerprint density at radius 3 is 1.58 bits per heavy atom. The lowest BCUT2D eigenvalue weighted by Gasteiger charge is -2.05. The van der Waals surface area contributed by atoms with E-state index in [1.807, 2.05) is 0 Å². The Morgan fingerprint density at radius 1 is 0.789 bits per heavy atom. The summed E-state index contributed by atoms with van der Waals surface area (Å²) in [6.45, 7) is 0. The fourth-order valence-electron chi connectivity index (χ4n) is 1.26. The van der Waals surface area contributed by atoms with Crippen molar-refractivity contribution in [2.24, 2.45) is 0 Å². The second-order valence-corrected chi connectivity index (χ2v) is 5.50. The van der Waals surface area contributed by atoms with Gasteiger partial charge in [-0.3, -0.25) is 0 Å². The Labute approximate surface area is 119 Å². The van der Waals surface area contributed by atoms with E-state index in [0.29, 0.717) is 11.4 Å². The minimum absolute atomic E-state index is 0.0447. The van der Waals surface area contributed by atoms with Gasteiger partial charge in [0.2, 0.25) is 0 Å². The molecule has 0 unspecified atom stereocenters. The van der Waals surface area contributed by atoms with Crippen molar-refractivity contribution >= 4 is 35.5 Å². The second kappa shape index (κ2) is 5.96. The molecule has 2 aromatic rings. The summed E-state index contributed by atoms with van der Waals surface area (Å²) >= 11 is 2.23. The van der Waals surface area contributed by atoms with Gasteiger partial charge in [0.05, 0.1) is 11.4 Å². The average molecular weight is 296 g/mol. The van der Waals surface area contributed by atoms with Crippen LogP contribution in [0.25, 0.3) is 0 Å². The summed E-state index contributed by atoms with van der Waals surface area (Å²) in [5.74, 6) is 0.0895. The second-order valence-electron chi connectivity index (χ2n) is 3.68. The Balaban J connectivity index is 1.92. The van der Waals surface area contributed by atoms with Crippen LogP contribution in [0, 0.1) is 0 Å². The van der Waals surface area contributed by atoms with Gasteiger partial charge in [-0.15, -0.1) is 0 Å². The molecule has 0 saturated carbocycles. The molecular weight excluding hydrogens is 284 g/mol. The topological polar surface area (TPSA) is 102 Å². The molecule has 0 aliphatic heterocycles. The van der Waals surface area contributed by atoms with Crippen LogP contribution < -0.4 is 11.5 Å². The number of hydrogen-bond acceptors (Lipinski definition) is 7. The summed E-state index contributed by atoms with van der Waals surface area (Å²) in [4.78, 5) is 1.55. The normalized spacial score (nSPS) is 10.5. The third-order valence-corrected chi connectivity index (χ3v) is 3.70. The van der Waals surface area contributed by atoms with Crippen molar-refractivity contribution in [3.8, 4) is 11.5 Å². The fourth-order valence-corrected chi connectivity index (χ4v) is 2.63. The number of aromatic hydroxyl groups is 2. The lowest BCUT2D eigenvalue weighted by molar-refractivity contribution is 0.477. The van der Waals surface area contributed by atoms with E-state index in [4.69, 9.17) is 15.1 Å². The number of nitrogen functional groups attached to an aromatic ring is 2. The van der Waals surface area contributed by atoms with Crippen LogP contribution in [-0.2, 0) is 3.63 Å². The van der Waals surface area contributed by atoms with Gasteiger partial charge >= 0.3 is 0 Å². The first-order chi connectivity index (χ1) is 9.06. The van der Waals surface area contributed by atoms with E-state index in [9.17, 15) is 10.2 Å². The Kier molecular flexibility index (Phi) is 4.31. The summed E-state index contributed by atoms with van der Waals surface area (Å²) in [5, 5.41) is 18.6. The molecule has 0 saturated heterocycles. The van der Waals surface area contributed by atoms with Crippen LogP contribution in [0.2, 0.25) is 0 Å². The van der Waals surface area contributed by atoms with Crippen molar-refractivity contribution in [3.63, 3.8) is 0 Å². The van der Waals surface area contributed by atoms with Gasteiger partial charge in [0.1, 0.15) is 11.5 Å². The fraction of sp³-hybridized carbons (Fsp3) is 0. The molecule has 0 bridgehead atoms. The molecule has 2 rings (SSSR count). The molecule has 0 atom stereocenters. The summed E-state index contributed by atoms with van der Waals surface area (Å²) in [7, 11) is 0. The molecule has 2 aromatic carbocycles. The lowest BCUT2D eigenvalue weighted by atomic mass is 10.3. The standard InChI is InChI=1S/C12H12N2O3S2/c13-9-5-7(1-3-11(9)15)18-17-19-8-2-4-12(16)10(14)6-8/h1-6,15-16H,13-14H2. The summed E-state index contributed by atoms with van der Waals surface area (Å²) in [6, 6.07) is 9.64. The van der Waals surface area contributed by atoms with Crippen molar-refractivity contribution in [1.82, 2.24) is 0 Å². The van der Waals surface area contributed by atoms with Gasteiger partial charge < -0.3 is 21.7 Å². The smallest absolute Gasteiger partial charge is 0.138 e. The van der Waals surface area contributed by atoms with E-state index in [-0.39, 0.29) is 11.5 Å². The maximum Gasteiger partial charge on any atom is 0.138 e. The summed E-state index contributed by atoms with van der Waals surface area (Å²) < 4.78 is 5.35. The molecule has 0 aliphatic carbocycles. The third kappa shape index (κ3) is 3.63. The molecule has 0 spiro atoms. The number of hydrogen-bond donors (Lipinski definition) is 4. The number of rotatable bonds is 4. The van der Waals surface area contributed by atoms with Gasteiger partial charge in [-0.1, -0.05) is 0 Å². The van der Waals surface area contributed by atoms with E-state index in [0.717, 1.165) is 33.9 Å². The first kappa shape index (κ1) is 13.7. The zero-order valence-corrected chi connectivity index (χ0v) is 11.4. The maximum absolute atomic E-state index is 9.29. The highest BCUT2D eigenvalue weighted by Crippen LogP contribution is 2.34.